The van der Waals surface area contributed by atoms with E-state index in [2.05, 4.69) is 25.9 Å². The van der Waals surface area contributed by atoms with E-state index in [4.69, 9.17) is 9.47 Å². The number of rotatable bonds is 15. The molecule has 2 aromatic heterocycles. The number of hydrogen-bond donors (Lipinski definition) is 0. The molecule has 0 bridgehead atoms. The molecule has 4 rings (SSSR count). The van der Waals surface area contributed by atoms with Gasteiger partial charge in [0.05, 0.1) is 48.2 Å². The summed E-state index contributed by atoms with van der Waals surface area (Å²) >= 11 is 5.17. The molecule has 64 heavy (non-hydrogen) atoms. The van der Waals surface area contributed by atoms with Crippen molar-refractivity contribution in [3.05, 3.63) is 118 Å². The zero-order valence-electron chi connectivity index (χ0n) is 35.4. The van der Waals surface area contributed by atoms with Gasteiger partial charge in [-0.25, -0.2) is 36.4 Å². The van der Waals surface area contributed by atoms with E-state index in [0.717, 1.165) is 67.8 Å². The summed E-state index contributed by atoms with van der Waals surface area (Å²) in [7, 11) is -5.56. The first-order valence-corrected chi connectivity index (χ1v) is 25.4. The van der Waals surface area contributed by atoms with Gasteiger partial charge in [-0.3, -0.25) is 13.4 Å². The second-order valence-corrected chi connectivity index (χ2v) is 19.7. The normalized spacial score (nSPS) is 11.6. The molecular formula is C40H45BrF6N4O9S4. The minimum absolute atomic E-state index is 0.0442. The van der Waals surface area contributed by atoms with Crippen molar-refractivity contribution in [3.8, 4) is 0 Å². The molecule has 2 aromatic carbocycles. The van der Waals surface area contributed by atoms with Crippen molar-refractivity contribution < 1.29 is 67.0 Å². The van der Waals surface area contributed by atoms with E-state index in [1.165, 1.54) is 37.4 Å². The van der Waals surface area contributed by atoms with Crippen LogP contribution in [0.15, 0.2) is 73.1 Å². The molecule has 2 heterocycles. The van der Waals surface area contributed by atoms with E-state index >= 15 is 0 Å². The van der Waals surface area contributed by atoms with E-state index in [0.29, 0.717) is 31.8 Å². The fraction of sp³-hybridized carbons (Fsp3) is 0.375. The minimum atomic E-state index is -4.74. The van der Waals surface area contributed by atoms with Gasteiger partial charge in [-0.15, -0.1) is 0 Å². The zero-order chi connectivity index (χ0) is 48.6. The highest BCUT2D eigenvalue weighted by Crippen LogP contribution is 2.42. The highest BCUT2D eigenvalue weighted by molar-refractivity contribution is 9.08. The third-order valence-electron chi connectivity index (χ3n) is 8.31. The van der Waals surface area contributed by atoms with Gasteiger partial charge in [-0.1, -0.05) is 64.1 Å². The number of thioether (sulfide) groups is 2. The lowest BCUT2D eigenvalue weighted by molar-refractivity contribution is -0.138. The van der Waals surface area contributed by atoms with Crippen LogP contribution in [0.2, 0.25) is 0 Å². The van der Waals surface area contributed by atoms with E-state index in [9.17, 15) is 57.6 Å². The van der Waals surface area contributed by atoms with Gasteiger partial charge in [0, 0.05) is 56.0 Å². The second kappa shape index (κ2) is 24.8. The molecule has 0 amide bonds. The van der Waals surface area contributed by atoms with Gasteiger partial charge < -0.3 is 9.47 Å². The number of anilines is 2. The Bertz CT molecular complexity index is 2460. The van der Waals surface area contributed by atoms with Crippen molar-refractivity contribution in [2.75, 3.05) is 48.4 Å². The molecule has 0 radical (unpaired) electrons. The number of sulfonamides is 2. The quantitative estimate of drug-likeness (QED) is 0.0628. The summed E-state index contributed by atoms with van der Waals surface area (Å²) in [6, 6.07) is 14.4. The average Bonchev–Trinajstić information content (AvgIpc) is 3.21. The summed E-state index contributed by atoms with van der Waals surface area (Å²) in [5.74, 6) is -0.947. The van der Waals surface area contributed by atoms with Crippen molar-refractivity contribution in [2.45, 2.75) is 55.7 Å². The second-order valence-electron chi connectivity index (χ2n) is 12.9. The Hall–Kier alpha value is -4.39. The molecule has 0 unspecified atom stereocenters. The summed E-state index contributed by atoms with van der Waals surface area (Å²) in [5.41, 5.74) is -1.20. The summed E-state index contributed by atoms with van der Waals surface area (Å²) < 4.78 is 139. The van der Waals surface area contributed by atoms with Crippen LogP contribution in [0.4, 0.5) is 37.7 Å². The van der Waals surface area contributed by atoms with Crippen LogP contribution in [0, 0.1) is 0 Å². The molecule has 0 saturated heterocycles. The molecule has 0 aliphatic rings. The fourth-order valence-corrected chi connectivity index (χ4v) is 8.35. The van der Waals surface area contributed by atoms with Crippen LogP contribution in [-0.2, 0) is 69.3 Å². The van der Waals surface area contributed by atoms with Gasteiger partial charge in [0.15, 0.2) is 16.5 Å². The molecule has 13 nitrogen and oxygen atoms in total. The molecule has 0 aliphatic heterocycles. The predicted molar refractivity (Wildman–Crippen MR) is 239 cm³/mol. The number of pyridine rings is 2. The molecule has 24 heteroatoms. The smallest absolute Gasteiger partial charge is 0.418 e. The van der Waals surface area contributed by atoms with Crippen molar-refractivity contribution >= 4 is 87.9 Å². The molecule has 0 fully saturated rings. The summed E-state index contributed by atoms with van der Waals surface area (Å²) in [5, 5.41) is 0.291. The summed E-state index contributed by atoms with van der Waals surface area (Å²) in [4.78, 5) is 42.2. The average molecular weight is 1050 g/mol. The number of esters is 2. The third-order valence-corrected chi connectivity index (χ3v) is 13.2. The largest absolute Gasteiger partial charge is 0.461 e. The lowest BCUT2D eigenvalue weighted by Gasteiger charge is -2.23. The summed E-state index contributed by atoms with van der Waals surface area (Å²) in [6.45, 7) is 5.24. The number of carbonyl (C=O) groups excluding carboxylic acids is 3. The molecule has 0 saturated carbocycles. The standard InChI is InChI=1S/C19H21F3N2O4S2.C12H14F3NO3S2.C9H10BrNO2/c1-4-28-18(25)17-14(8-6-10-23-17)12-29-11-13-7-5-9-15(16(13)19(20,21)22)24(2)30(3,26)27;1-8(17)20-7-9-5-4-6-10(11(9)12(13,14)15)16(2)21(3,18)19;1-2-13-9(12)8-7(6-10)4-3-5-11-8/h5-10H,4,11-12H2,1-3H3;4-6H,7H2,1-3H3;3-5H,2,6H2,1H3. The number of hydrogen-bond acceptors (Lipinski definition) is 13. The number of carbonyl (C=O) groups is 3. The highest BCUT2D eigenvalue weighted by Gasteiger charge is 2.39. The molecule has 0 atom stereocenters. The molecular weight excluding hydrogens is 1000 g/mol. The Kier molecular flexibility index (Phi) is 21.6. The van der Waals surface area contributed by atoms with E-state index in [-0.39, 0.29) is 51.8 Å². The van der Waals surface area contributed by atoms with Crippen LogP contribution >= 0.6 is 39.5 Å². The topological polar surface area (TPSA) is 170 Å². The Labute approximate surface area is 384 Å². The molecule has 0 spiro atoms. The van der Waals surface area contributed by atoms with Crippen molar-refractivity contribution in [1.82, 2.24) is 9.97 Å². The van der Waals surface area contributed by atoms with E-state index in [1.54, 1.807) is 38.2 Å². The van der Waals surface area contributed by atoms with Crippen LogP contribution in [0.3, 0.4) is 0 Å². The van der Waals surface area contributed by atoms with E-state index in [1.807, 2.05) is 6.07 Å². The first kappa shape index (κ1) is 55.7. The number of benzene rings is 2. The van der Waals surface area contributed by atoms with Crippen molar-refractivity contribution in [3.63, 3.8) is 0 Å². The number of alkyl halides is 7. The predicted octanol–water partition coefficient (Wildman–Crippen LogP) is 9.14. The number of ether oxygens (including phenoxy) is 2. The van der Waals surface area contributed by atoms with Gasteiger partial charge in [-0.2, -0.15) is 38.1 Å². The maximum Gasteiger partial charge on any atom is 0.418 e. The lowest BCUT2D eigenvalue weighted by atomic mass is 10.1. The zero-order valence-corrected chi connectivity index (χ0v) is 40.3. The van der Waals surface area contributed by atoms with Crippen molar-refractivity contribution in [2.24, 2.45) is 0 Å². The van der Waals surface area contributed by atoms with Crippen LogP contribution in [0.25, 0.3) is 0 Å². The van der Waals surface area contributed by atoms with Crippen molar-refractivity contribution in [1.29, 1.82) is 0 Å². The van der Waals surface area contributed by atoms with Gasteiger partial charge in [0.2, 0.25) is 20.0 Å². The molecule has 0 aliphatic carbocycles. The first-order valence-electron chi connectivity index (χ1n) is 18.4. The van der Waals surface area contributed by atoms with Gasteiger partial charge in [0.25, 0.3) is 0 Å². The number of aromatic nitrogens is 2. The van der Waals surface area contributed by atoms with Crippen LogP contribution in [0.1, 0.15) is 75.1 Å². The monoisotopic (exact) mass is 1050 g/mol. The Morgan fingerprint density at radius 2 is 1.02 bits per heavy atom. The maximum absolute atomic E-state index is 13.8. The van der Waals surface area contributed by atoms with Crippen LogP contribution in [-0.4, -0.2) is 83.7 Å². The first-order chi connectivity index (χ1) is 29.7. The third kappa shape index (κ3) is 16.9. The fourth-order valence-electron chi connectivity index (χ4n) is 5.27. The highest BCUT2D eigenvalue weighted by atomic mass is 79.9. The Morgan fingerprint density at radius 3 is 1.39 bits per heavy atom. The molecule has 352 valence electrons. The Morgan fingerprint density at radius 1 is 0.641 bits per heavy atom. The van der Waals surface area contributed by atoms with Gasteiger partial charge in [0.1, 0.15) is 0 Å². The Balaban J connectivity index is 0.000000359. The number of halogens is 7. The van der Waals surface area contributed by atoms with Gasteiger partial charge >= 0.3 is 24.3 Å². The van der Waals surface area contributed by atoms with Gasteiger partial charge in [-0.05, 0) is 60.4 Å². The van der Waals surface area contributed by atoms with Crippen LogP contribution < -0.4 is 8.61 Å². The summed E-state index contributed by atoms with van der Waals surface area (Å²) in [6.07, 6.45) is -4.78. The van der Waals surface area contributed by atoms with E-state index < -0.39 is 60.9 Å². The molecule has 4 aromatic rings. The maximum atomic E-state index is 13.8. The number of nitrogens with zero attached hydrogens (tertiary/aromatic N) is 4. The molecule has 0 N–H and O–H groups in total. The SMILES string of the molecule is CC(=O)SCc1cccc(N(C)S(C)(=O)=O)c1C(F)(F)F.CCOC(=O)c1ncccc1CBr.CCOC(=O)c1ncccc1CSCc1cccc(N(C)S(C)(=O)=O)c1C(F)(F)F. The van der Waals surface area contributed by atoms with Crippen LogP contribution in [0.5, 0.6) is 0 Å². The lowest BCUT2D eigenvalue weighted by Crippen LogP contribution is -2.28. The minimum Gasteiger partial charge on any atom is -0.461 e.